The molecule has 136 valence electrons. The Balaban J connectivity index is 2.33. The van der Waals surface area contributed by atoms with Gasteiger partial charge >= 0.3 is 11.9 Å². The average molecular weight is 448 g/mol. The summed E-state index contributed by atoms with van der Waals surface area (Å²) in [4.78, 5) is 24.0. The van der Waals surface area contributed by atoms with Crippen LogP contribution in [0.3, 0.4) is 0 Å². The SMILES string of the molecule is CC(C)CNCc1sccc1-c1sc(C(=O)O)c(OCC(=O)O)c1Br. The normalized spacial score (nSPS) is 11.0. The molecule has 0 amide bonds. The van der Waals surface area contributed by atoms with Crippen LogP contribution in [0.4, 0.5) is 0 Å². The number of hydrogen-bond donors (Lipinski definition) is 3. The van der Waals surface area contributed by atoms with Crippen molar-refractivity contribution in [3.8, 4) is 16.2 Å². The Bertz CT molecular complexity index is 769. The highest BCUT2D eigenvalue weighted by Crippen LogP contribution is 2.47. The third kappa shape index (κ3) is 5.04. The molecule has 0 spiro atoms. The van der Waals surface area contributed by atoms with Gasteiger partial charge in [0.1, 0.15) is 0 Å². The molecule has 2 heterocycles. The van der Waals surface area contributed by atoms with Crippen LogP contribution < -0.4 is 10.1 Å². The van der Waals surface area contributed by atoms with E-state index in [1.165, 1.54) is 0 Å². The van der Waals surface area contributed by atoms with E-state index in [1.807, 2.05) is 11.4 Å². The van der Waals surface area contributed by atoms with Crippen molar-refractivity contribution in [1.29, 1.82) is 0 Å². The summed E-state index contributed by atoms with van der Waals surface area (Å²) in [5.41, 5.74) is 0.922. The number of aromatic carboxylic acids is 1. The number of carbonyl (C=O) groups is 2. The van der Waals surface area contributed by atoms with Gasteiger partial charge < -0.3 is 20.3 Å². The molecule has 0 atom stereocenters. The van der Waals surface area contributed by atoms with E-state index in [4.69, 9.17) is 9.84 Å². The Hall–Kier alpha value is -1.42. The molecule has 6 nitrogen and oxygen atoms in total. The zero-order chi connectivity index (χ0) is 18.6. The van der Waals surface area contributed by atoms with Crippen LogP contribution in [0, 0.1) is 5.92 Å². The lowest BCUT2D eigenvalue weighted by molar-refractivity contribution is -0.139. The van der Waals surface area contributed by atoms with Gasteiger partial charge in [-0.2, -0.15) is 0 Å². The summed E-state index contributed by atoms with van der Waals surface area (Å²) in [7, 11) is 0. The first-order valence-corrected chi connectivity index (χ1v) is 9.97. The molecule has 25 heavy (non-hydrogen) atoms. The number of hydrogen-bond acceptors (Lipinski definition) is 6. The number of aliphatic carboxylic acids is 1. The maximum atomic E-state index is 11.5. The van der Waals surface area contributed by atoms with E-state index in [-0.39, 0.29) is 10.6 Å². The molecule has 0 saturated heterocycles. The monoisotopic (exact) mass is 447 g/mol. The van der Waals surface area contributed by atoms with Crippen LogP contribution in [0.2, 0.25) is 0 Å². The highest BCUT2D eigenvalue weighted by molar-refractivity contribution is 9.10. The number of carboxylic acid groups (broad SMARTS) is 2. The highest BCUT2D eigenvalue weighted by Gasteiger charge is 2.25. The minimum atomic E-state index is -1.16. The molecule has 0 aliphatic heterocycles. The molecule has 2 aromatic rings. The average Bonchev–Trinajstić information content (AvgIpc) is 3.09. The van der Waals surface area contributed by atoms with Crippen LogP contribution in [0.1, 0.15) is 28.4 Å². The predicted molar refractivity (Wildman–Crippen MR) is 102 cm³/mol. The van der Waals surface area contributed by atoms with Crippen molar-refractivity contribution in [3.63, 3.8) is 0 Å². The molecule has 9 heteroatoms. The molecule has 0 aliphatic carbocycles. The quantitative estimate of drug-likeness (QED) is 0.534. The molecule has 0 radical (unpaired) electrons. The first kappa shape index (κ1) is 19.9. The Kier molecular flexibility index (Phi) is 7.00. The van der Waals surface area contributed by atoms with E-state index >= 15 is 0 Å². The molecule has 0 saturated carbocycles. The van der Waals surface area contributed by atoms with Gasteiger partial charge in [-0.05, 0) is 39.8 Å². The lowest BCUT2D eigenvalue weighted by Crippen LogP contribution is -2.18. The zero-order valence-electron chi connectivity index (χ0n) is 13.7. The number of nitrogens with one attached hydrogen (secondary N) is 1. The lowest BCUT2D eigenvalue weighted by atomic mass is 10.2. The van der Waals surface area contributed by atoms with Gasteiger partial charge in [0.2, 0.25) is 0 Å². The number of halogens is 1. The number of ether oxygens (including phenoxy) is 1. The van der Waals surface area contributed by atoms with Gasteiger partial charge in [-0.1, -0.05) is 13.8 Å². The molecular formula is C16H18BrNO5S2. The molecule has 0 unspecified atom stereocenters. The molecule has 0 aromatic carbocycles. The molecule has 0 bridgehead atoms. The fourth-order valence-corrected chi connectivity index (χ4v) is 4.97. The summed E-state index contributed by atoms with van der Waals surface area (Å²) >= 11 is 6.04. The predicted octanol–water partition coefficient (Wildman–Crippen LogP) is 4.15. The van der Waals surface area contributed by atoms with Crippen molar-refractivity contribution in [2.24, 2.45) is 5.92 Å². The van der Waals surface area contributed by atoms with Crippen LogP contribution in [0.15, 0.2) is 15.9 Å². The molecule has 0 aliphatic rings. The molecular weight excluding hydrogens is 430 g/mol. The van der Waals surface area contributed by atoms with Crippen molar-refractivity contribution < 1.29 is 24.5 Å². The van der Waals surface area contributed by atoms with Gasteiger partial charge in [-0.3, -0.25) is 0 Å². The Labute approximate surface area is 161 Å². The van der Waals surface area contributed by atoms with Crippen LogP contribution in [-0.2, 0) is 11.3 Å². The third-order valence-electron chi connectivity index (χ3n) is 3.17. The first-order valence-electron chi connectivity index (χ1n) is 7.48. The van der Waals surface area contributed by atoms with Crippen molar-refractivity contribution >= 4 is 50.5 Å². The van der Waals surface area contributed by atoms with Gasteiger partial charge in [0.25, 0.3) is 0 Å². The van der Waals surface area contributed by atoms with Crippen LogP contribution in [0.5, 0.6) is 5.75 Å². The topological polar surface area (TPSA) is 95.9 Å². The zero-order valence-corrected chi connectivity index (χ0v) is 16.9. The highest BCUT2D eigenvalue weighted by atomic mass is 79.9. The van der Waals surface area contributed by atoms with Gasteiger partial charge in [-0.25, -0.2) is 9.59 Å². The minimum Gasteiger partial charge on any atom is -0.479 e. The Morgan fingerprint density at radius 3 is 2.68 bits per heavy atom. The maximum absolute atomic E-state index is 11.5. The van der Waals surface area contributed by atoms with Crippen LogP contribution in [0.25, 0.3) is 10.4 Å². The van der Waals surface area contributed by atoms with E-state index in [0.29, 0.717) is 16.9 Å². The van der Waals surface area contributed by atoms with Crippen LogP contribution in [-0.4, -0.2) is 35.3 Å². The van der Waals surface area contributed by atoms with E-state index < -0.39 is 18.5 Å². The van der Waals surface area contributed by atoms with E-state index in [9.17, 15) is 14.7 Å². The largest absolute Gasteiger partial charge is 0.479 e. The summed E-state index contributed by atoms with van der Waals surface area (Å²) in [5.74, 6) is -1.72. The van der Waals surface area contributed by atoms with Gasteiger partial charge in [0, 0.05) is 17.0 Å². The molecule has 2 rings (SSSR count). The summed E-state index contributed by atoms with van der Waals surface area (Å²) in [6, 6.07) is 1.93. The lowest BCUT2D eigenvalue weighted by Gasteiger charge is -2.08. The second kappa shape index (κ2) is 8.79. The second-order valence-corrected chi connectivity index (χ2v) is 8.49. The Morgan fingerprint density at radius 1 is 1.36 bits per heavy atom. The smallest absolute Gasteiger partial charge is 0.349 e. The van der Waals surface area contributed by atoms with Crippen molar-refractivity contribution in [1.82, 2.24) is 5.32 Å². The van der Waals surface area contributed by atoms with Gasteiger partial charge in [-0.15, -0.1) is 22.7 Å². The fraction of sp³-hybridized carbons (Fsp3) is 0.375. The standard InChI is InChI=1S/C16H18BrNO5S2/c1-8(2)5-18-6-10-9(3-4-24-10)14-12(17)13(23-7-11(19)20)15(25-14)16(21)22/h3-4,8,18H,5-7H2,1-2H3,(H,19,20)(H,21,22). The minimum absolute atomic E-state index is 0.0181. The fourth-order valence-electron chi connectivity index (χ4n) is 2.13. The number of rotatable bonds is 9. The third-order valence-corrected chi connectivity index (χ3v) is 6.30. The van der Waals surface area contributed by atoms with E-state index in [1.54, 1.807) is 11.3 Å². The first-order chi connectivity index (χ1) is 11.8. The molecule has 0 fully saturated rings. The Morgan fingerprint density at radius 2 is 2.08 bits per heavy atom. The van der Waals surface area contributed by atoms with E-state index in [0.717, 1.165) is 33.2 Å². The van der Waals surface area contributed by atoms with Crippen molar-refractivity contribution in [2.45, 2.75) is 20.4 Å². The summed E-state index contributed by atoms with van der Waals surface area (Å²) in [6.07, 6.45) is 0. The van der Waals surface area contributed by atoms with E-state index in [2.05, 4.69) is 35.1 Å². The number of carboxylic acids is 2. The van der Waals surface area contributed by atoms with Gasteiger partial charge in [0.05, 0.1) is 9.35 Å². The molecule has 2 aromatic heterocycles. The van der Waals surface area contributed by atoms with Crippen molar-refractivity contribution in [2.75, 3.05) is 13.2 Å². The van der Waals surface area contributed by atoms with Crippen LogP contribution >= 0.6 is 38.6 Å². The van der Waals surface area contributed by atoms with Gasteiger partial charge in [0.15, 0.2) is 17.2 Å². The summed E-state index contributed by atoms with van der Waals surface area (Å²) < 4.78 is 5.66. The maximum Gasteiger partial charge on any atom is 0.349 e. The summed E-state index contributed by atoms with van der Waals surface area (Å²) in [6.45, 7) is 5.23. The second-order valence-electron chi connectivity index (χ2n) is 5.67. The molecule has 3 N–H and O–H groups in total. The van der Waals surface area contributed by atoms with Crippen molar-refractivity contribution in [3.05, 3.63) is 25.7 Å². The summed E-state index contributed by atoms with van der Waals surface area (Å²) in [5, 5.41) is 23.5. The number of thiophene rings is 2.